The topological polar surface area (TPSA) is 46.2 Å². The van der Waals surface area contributed by atoms with Crippen LogP contribution < -0.4 is 5.73 Å². The lowest BCUT2D eigenvalue weighted by Gasteiger charge is -2.31. The smallest absolute Gasteiger partial charge is 0.124 e. The molecule has 3 N–H and O–H groups in total. The van der Waals surface area contributed by atoms with Crippen LogP contribution in [-0.4, -0.2) is 18.3 Å². The van der Waals surface area contributed by atoms with E-state index in [1.807, 2.05) is 6.07 Å². The molecule has 0 radical (unpaired) electrons. The fraction of sp³-hybridized carbons (Fsp3) is 0.571. The predicted octanol–water partition coefficient (Wildman–Crippen LogP) is 2.87. The first-order valence-corrected chi connectivity index (χ1v) is 7.12. The zero-order chi connectivity index (χ0) is 13.2. The van der Waals surface area contributed by atoms with Crippen LogP contribution in [0.4, 0.5) is 4.39 Å². The summed E-state index contributed by atoms with van der Waals surface area (Å²) in [5, 5.41) is 9.67. The minimum absolute atomic E-state index is 0.0636. The second kappa shape index (κ2) is 5.68. The van der Waals surface area contributed by atoms with Gasteiger partial charge < -0.3 is 10.8 Å². The lowest BCUT2D eigenvalue weighted by atomic mass is 9.78. The van der Waals surface area contributed by atoms with Crippen molar-refractivity contribution in [3.8, 4) is 0 Å². The Bertz CT molecular complexity index is 396. The number of nitrogens with two attached hydrogens (primary N) is 1. The first kappa shape index (κ1) is 14.0. The molecule has 0 bridgehead atoms. The van der Waals surface area contributed by atoms with Gasteiger partial charge in [0.25, 0.3) is 0 Å². The van der Waals surface area contributed by atoms with Crippen LogP contribution in [0.15, 0.2) is 22.7 Å². The van der Waals surface area contributed by atoms with Crippen molar-refractivity contribution in [2.75, 3.05) is 13.2 Å². The Morgan fingerprint density at radius 2 is 2.11 bits per heavy atom. The van der Waals surface area contributed by atoms with Crippen molar-refractivity contribution in [2.45, 2.75) is 25.7 Å². The highest BCUT2D eigenvalue weighted by Crippen LogP contribution is 2.41. The maximum Gasteiger partial charge on any atom is 0.124 e. The maximum absolute atomic E-state index is 13.4. The molecule has 1 atom stereocenters. The van der Waals surface area contributed by atoms with E-state index in [4.69, 9.17) is 5.73 Å². The zero-order valence-corrected chi connectivity index (χ0v) is 11.9. The molecule has 18 heavy (non-hydrogen) atoms. The number of hydrogen-bond acceptors (Lipinski definition) is 2. The zero-order valence-electron chi connectivity index (χ0n) is 10.3. The van der Waals surface area contributed by atoms with E-state index in [2.05, 4.69) is 15.9 Å². The average molecular weight is 316 g/mol. The van der Waals surface area contributed by atoms with Crippen LogP contribution in [-0.2, 0) is 6.42 Å². The van der Waals surface area contributed by atoms with Crippen molar-refractivity contribution < 1.29 is 9.50 Å². The standard InChI is InChI=1S/C14H19BrFNO/c15-12-3-11(4-13(16)5-12)7-14(8-17,9-18)6-10-1-2-10/h3-5,10,18H,1-2,6-9,17H2. The van der Waals surface area contributed by atoms with Gasteiger partial charge in [-0.15, -0.1) is 0 Å². The van der Waals surface area contributed by atoms with E-state index in [9.17, 15) is 9.50 Å². The predicted molar refractivity (Wildman–Crippen MR) is 73.7 cm³/mol. The van der Waals surface area contributed by atoms with Crippen molar-refractivity contribution >= 4 is 15.9 Å². The summed E-state index contributed by atoms with van der Waals surface area (Å²) in [6, 6.07) is 4.86. The molecule has 1 aliphatic carbocycles. The van der Waals surface area contributed by atoms with Gasteiger partial charge in [-0.1, -0.05) is 28.8 Å². The Morgan fingerprint density at radius 3 is 2.61 bits per heavy atom. The number of hydrogen-bond donors (Lipinski definition) is 2. The van der Waals surface area contributed by atoms with E-state index >= 15 is 0 Å². The highest BCUT2D eigenvalue weighted by molar-refractivity contribution is 9.10. The molecule has 0 heterocycles. The molecule has 1 aromatic carbocycles. The molecule has 0 saturated heterocycles. The fourth-order valence-electron chi connectivity index (χ4n) is 2.49. The molecule has 1 aliphatic rings. The highest BCUT2D eigenvalue weighted by atomic mass is 79.9. The third-order valence-corrected chi connectivity index (χ3v) is 4.15. The summed E-state index contributed by atoms with van der Waals surface area (Å²) in [6.45, 7) is 0.502. The number of benzene rings is 1. The van der Waals surface area contributed by atoms with Crippen molar-refractivity contribution in [3.63, 3.8) is 0 Å². The van der Waals surface area contributed by atoms with Gasteiger partial charge in [-0.05, 0) is 42.5 Å². The normalized spacial score (nSPS) is 18.7. The number of halogens is 2. The Balaban J connectivity index is 2.15. The van der Waals surface area contributed by atoms with Gasteiger partial charge in [-0.3, -0.25) is 0 Å². The van der Waals surface area contributed by atoms with E-state index in [0.717, 1.165) is 16.5 Å². The highest BCUT2D eigenvalue weighted by Gasteiger charge is 2.35. The van der Waals surface area contributed by atoms with Crippen LogP contribution in [0.25, 0.3) is 0 Å². The van der Waals surface area contributed by atoms with Crippen molar-refractivity contribution in [1.82, 2.24) is 0 Å². The molecule has 0 aliphatic heterocycles. The average Bonchev–Trinajstić information content (AvgIpc) is 3.10. The molecule has 2 nitrogen and oxygen atoms in total. The molecular formula is C14H19BrFNO. The summed E-state index contributed by atoms with van der Waals surface area (Å²) < 4.78 is 14.1. The van der Waals surface area contributed by atoms with Crippen molar-refractivity contribution in [1.29, 1.82) is 0 Å². The second-order valence-corrected chi connectivity index (χ2v) is 6.38. The lowest BCUT2D eigenvalue weighted by Crippen LogP contribution is -2.37. The van der Waals surface area contributed by atoms with E-state index in [1.165, 1.54) is 25.0 Å². The third-order valence-electron chi connectivity index (χ3n) is 3.69. The molecule has 1 saturated carbocycles. The quantitative estimate of drug-likeness (QED) is 0.848. The first-order valence-electron chi connectivity index (χ1n) is 6.33. The largest absolute Gasteiger partial charge is 0.396 e. The van der Waals surface area contributed by atoms with Crippen molar-refractivity contribution in [3.05, 3.63) is 34.1 Å². The number of rotatable bonds is 6. The first-order chi connectivity index (χ1) is 8.57. The Hall–Kier alpha value is -0.450. The van der Waals surface area contributed by atoms with Crippen LogP contribution in [0.3, 0.4) is 0 Å². The monoisotopic (exact) mass is 315 g/mol. The van der Waals surface area contributed by atoms with Gasteiger partial charge in [-0.25, -0.2) is 4.39 Å². The van der Waals surface area contributed by atoms with Crippen LogP contribution in [0, 0.1) is 17.2 Å². The van der Waals surface area contributed by atoms with Crippen LogP contribution >= 0.6 is 15.9 Å². The molecule has 1 fully saturated rings. The lowest BCUT2D eigenvalue weighted by molar-refractivity contribution is 0.115. The van der Waals surface area contributed by atoms with Crippen LogP contribution in [0.5, 0.6) is 0 Å². The number of aliphatic hydroxyl groups excluding tert-OH is 1. The third kappa shape index (κ3) is 3.53. The molecule has 1 unspecified atom stereocenters. The van der Waals surface area contributed by atoms with Crippen LogP contribution in [0.2, 0.25) is 0 Å². The summed E-state index contributed by atoms with van der Waals surface area (Å²) in [5.74, 6) is 0.437. The van der Waals surface area contributed by atoms with E-state index < -0.39 is 0 Å². The summed E-state index contributed by atoms with van der Waals surface area (Å²) in [7, 11) is 0. The molecule has 1 aromatic rings. The fourth-order valence-corrected chi connectivity index (χ4v) is 3.01. The molecule has 2 rings (SSSR count). The van der Waals surface area contributed by atoms with Gasteiger partial charge in [0, 0.05) is 16.4 Å². The molecule has 4 heteroatoms. The Labute approximate surface area is 116 Å². The SMILES string of the molecule is NCC(CO)(Cc1cc(F)cc(Br)c1)CC1CC1. The minimum Gasteiger partial charge on any atom is -0.396 e. The van der Waals surface area contributed by atoms with Crippen molar-refractivity contribution in [2.24, 2.45) is 17.1 Å². The number of aliphatic hydroxyl groups is 1. The summed E-state index contributed by atoms with van der Waals surface area (Å²) in [5.41, 5.74) is 6.45. The Kier molecular flexibility index (Phi) is 4.41. The van der Waals surface area contributed by atoms with E-state index in [0.29, 0.717) is 18.9 Å². The summed E-state index contributed by atoms with van der Waals surface area (Å²) >= 11 is 3.29. The molecular weight excluding hydrogens is 297 g/mol. The van der Waals surface area contributed by atoms with E-state index in [1.54, 1.807) is 0 Å². The maximum atomic E-state index is 13.4. The van der Waals surface area contributed by atoms with Gasteiger partial charge in [0.15, 0.2) is 0 Å². The van der Waals surface area contributed by atoms with Gasteiger partial charge in [0.1, 0.15) is 5.82 Å². The minimum atomic E-state index is -0.297. The van der Waals surface area contributed by atoms with Gasteiger partial charge in [0.05, 0.1) is 6.61 Å². The Morgan fingerprint density at radius 1 is 1.39 bits per heavy atom. The summed E-state index contributed by atoms with van der Waals surface area (Å²) in [4.78, 5) is 0. The van der Waals surface area contributed by atoms with E-state index in [-0.39, 0.29) is 17.8 Å². The van der Waals surface area contributed by atoms with Gasteiger partial charge in [-0.2, -0.15) is 0 Å². The van der Waals surface area contributed by atoms with Crippen LogP contribution in [0.1, 0.15) is 24.8 Å². The molecule has 0 amide bonds. The molecule has 100 valence electrons. The molecule has 0 spiro atoms. The summed E-state index contributed by atoms with van der Waals surface area (Å²) in [6.07, 6.45) is 4.03. The van der Waals surface area contributed by atoms with Gasteiger partial charge >= 0.3 is 0 Å². The second-order valence-electron chi connectivity index (χ2n) is 5.46. The molecule has 0 aromatic heterocycles. The van der Waals surface area contributed by atoms with Gasteiger partial charge in [0.2, 0.25) is 0 Å².